The Kier molecular flexibility index (Phi) is 6.52. The molecule has 1 unspecified atom stereocenters. The molecule has 0 aliphatic carbocycles. The summed E-state index contributed by atoms with van der Waals surface area (Å²) in [4.78, 5) is 2.39. The Morgan fingerprint density at radius 1 is 1.32 bits per heavy atom. The first-order valence-corrected chi connectivity index (χ1v) is 8.25. The number of ether oxygens (including phenoxy) is 2. The lowest BCUT2D eigenvalue weighted by Gasteiger charge is -2.18. The summed E-state index contributed by atoms with van der Waals surface area (Å²) in [6.07, 6.45) is 2.13. The second-order valence-electron chi connectivity index (χ2n) is 6.59. The standard InChI is InChI=1S/C18H29NO3/c1-14(2)7-9-22-18-10-15(4-5-17(18)21-3)11-19-8-6-16(12-19)13-20/h4-5,10,14,16,20H,6-9,11-13H2,1-3H3. The van der Waals surface area contributed by atoms with E-state index in [4.69, 9.17) is 9.47 Å². The van der Waals surface area contributed by atoms with Crippen molar-refractivity contribution in [3.05, 3.63) is 23.8 Å². The topological polar surface area (TPSA) is 41.9 Å². The normalized spacial score (nSPS) is 18.9. The van der Waals surface area contributed by atoms with Crippen LogP contribution in [0, 0.1) is 11.8 Å². The van der Waals surface area contributed by atoms with Crippen LogP contribution in [0.4, 0.5) is 0 Å². The third-order valence-electron chi connectivity index (χ3n) is 4.22. The summed E-state index contributed by atoms with van der Waals surface area (Å²) in [5, 5.41) is 9.24. The molecule has 1 saturated heterocycles. The van der Waals surface area contributed by atoms with E-state index in [-0.39, 0.29) is 0 Å². The summed E-state index contributed by atoms with van der Waals surface area (Å²) in [5.41, 5.74) is 1.24. The fourth-order valence-electron chi connectivity index (χ4n) is 2.80. The Balaban J connectivity index is 1.97. The van der Waals surface area contributed by atoms with Gasteiger partial charge in [0.2, 0.25) is 0 Å². The molecule has 22 heavy (non-hydrogen) atoms. The van der Waals surface area contributed by atoms with E-state index >= 15 is 0 Å². The number of aliphatic hydroxyl groups excluding tert-OH is 1. The van der Waals surface area contributed by atoms with Gasteiger partial charge in [-0.2, -0.15) is 0 Å². The summed E-state index contributed by atoms with van der Waals surface area (Å²) < 4.78 is 11.3. The molecule has 1 aliphatic heterocycles. The van der Waals surface area contributed by atoms with Crippen LogP contribution >= 0.6 is 0 Å². The molecule has 1 aromatic rings. The summed E-state index contributed by atoms with van der Waals surface area (Å²) in [6, 6.07) is 6.17. The maximum Gasteiger partial charge on any atom is 0.161 e. The SMILES string of the molecule is COc1ccc(CN2CCC(CO)C2)cc1OCCC(C)C. The van der Waals surface area contributed by atoms with Crippen molar-refractivity contribution in [1.29, 1.82) is 0 Å². The van der Waals surface area contributed by atoms with Crippen LogP contribution in [0.5, 0.6) is 11.5 Å². The van der Waals surface area contributed by atoms with E-state index in [9.17, 15) is 5.11 Å². The van der Waals surface area contributed by atoms with Gasteiger partial charge < -0.3 is 14.6 Å². The number of hydrogen-bond acceptors (Lipinski definition) is 4. The second-order valence-corrected chi connectivity index (χ2v) is 6.59. The van der Waals surface area contributed by atoms with Gasteiger partial charge in [0, 0.05) is 19.7 Å². The van der Waals surface area contributed by atoms with Crippen molar-refractivity contribution in [3.63, 3.8) is 0 Å². The predicted octanol–water partition coefficient (Wildman–Crippen LogP) is 2.93. The molecule has 124 valence electrons. The van der Waals surface area contributed by atoms with Gasteiger partial charge in [-0.3, -0.25) is 4.90 Å². The lowest BCUT2D eigenvalue weighted by atomic mass is 10.1. The minimum Gasteiger partial charge on any atom is -0.493 e. The summed E-state index contributed by atoms with van der Waals surface area (Å²) in [6.45, 7) is 8.34. The first-order valence-electron chi connectivity index (χ1n) is 8.25. The van der Waals surface area contributed by atoms with Gasteiger partial charge in [0.05, 0.1) is 13.7 Å². The molecule has 1 aliphatic rings. The van der Waals surface area contributed by atoms with Crippen molar-refractivity contribution in [2.75, 3.05) is 33.4 Å². The van der Waals surface area contributed by atoms with Crippen molar-refractivity contribution in [1.82, 2.24) is 4.90 Å². The van der Waals surface area contributed by atoms with Gasteiger partial charge in [-0.05, 0) is 48.9 Å². The number of rotatable bonds is 8. The van der Waals surface area contributed by atoms with Crippen LogP contribution in [0.1, 0.15) is 32.3 Å². The molecule has 0 radical (unpaired) electrons. The number of aliphatic hydroxyl groups is 1. The molecule has 4 heteroatoms. The maximum atomic E-state index is 9.24. The predicted molar refractivity (Wildman–Crippen MR) is 88.4 cm³/mol. The Morgan fingerprint density at radius 3 is 2.77 bits per heavy atom. The minimum absolute atomic E-state index is 0.294. The summed E-state index contributed by atoms with van der Waals surface area (Å²) in [7, 11) is 1.68. The zero-order chi connectivity index (χ0) is 15.9. The summed E-state index contributed by atoms with van der Waals surface area (Å²) >= 11 is 0. The van der Waals surface area contributed by atoms with Gasteiger partial charge in [-0.15, -0.1) is 0 Å². The highest BCUT2D eigenvalue weighted by atomic mass is 16.5. The maximum absolute atomic E-state index is 9.24. The Bertz CT molecular complexity index is 462. The van der Waals surface area contributed by atoms with E-state index < -0.39 is 0 Å². The van der Waals surface area contributed by atoms with Crippen molar-refractivity contribution in [2.45, 2.75) is 33.2 Å². The quantitative estimate of drug-likeness (QED) is 0.802. The van der Waals surface area contributed by atoms with Gasteiger partial charge in [-0.1, -0.05) is 19.9 Å². The van der Waals surface area contributed by atoms with Gasteiger partial charge in [0.1, 0.15) is 0 Å². The third kappa shape index (κ3) is 4.89. The van der Waals surface area contributed by atoms with Crippen LogP contribution in [0.3, 0.4) is 0 Å². The highest BCUT2D eigenvalue weighted by Gasteiger charge is 2.21. The first kappa shape index (κ1) is 17.1. The number of likely N-dealkylation sites (tertiary alicyclic amines) is 1. The van der Waals surface area contributed by atoms with E-state index in [1.54, 1.807) is 7.11 Å². The zero-order valence-corrected chi connectivity index (χ0v) is 14.0. The number of benzene rings is 1. The largest absolute Gasteiger partial charge is 0.493 e. The van der Waals surface area contributed by atoms with Crippen LogP contribution in [0.15, 0.2) is 18.2 Å². The van der Waals surface area contributed by atoms with Crippen LogP contribution in [-0.4, -0.2) is 43.4 Å². The monoisotopic (exact) mass is 307 g/mol. The van der Waals surface area contributed by atoms with E-state index in [2.05, 4.69) is 30.9 Å². The molecule has 0 aromatic heterocycles. The fourth-order valence-corrected chi connectivity index (χ4v) is 2.80. The van der Waals surface area contributed by atoms with Gasteiger partial charge in [0.25, 0.3) is 0 Å². The van der Waals surface area contributed by atoms with Crippen LogP contribution in [-0.2, 0) is 6.54 Å². The highest BCUT2D eigenvalue weighted by molar-refractivity contribution is 5.43. The number of nitrogens with zero attached hydrogens (tertiary/aromatic N) is 1. The molecule has 2 rings (SSSR count). The molecule has 1 aromatic carbocycles. The molecule has 0 saturated carbocycles. The molecule has 1 atom stereocenters. The molecule has 1 N–H and O–H groups in total. The fraction of sp³-hybridized carbons (Fsp3) is 0.667. The van der Waals surface area contributed by atoms with E-state index in [0.717, 1.165) is 44.0 Å². The van der Waals surface area contributed by atoms with Crippen molar-refractivity contribution in [2.24, 2.45) is 11.8 Å². The van der Waals surface area contributed by atoms with Gasteiger partial charge >= 0.3 is 0 Å². The Hall–Kier alpha value is -1.26. The first-order chi connectivity index (χ1) is 10.6. The average Bonchev–Trinajstić information content (AvgIpc) is 2.95. The minimum atomic E-state index is 0.294. The van der Waals surface area contributed by atoms with Crippen molar-refractivity contribution >= 4 is 0 Å². The van der Waals surface area contributed by atoms with Gasteiger partial charge in [-0.25, -0.2) is 0 Å². The molecule has 1 fully saturated rings. The molecule has 0 spiro atoms. The Labute approximate surface area is 134 Å². The molecule has 0 amide bonds. The van der Waals surface area contributed by atoms with E-state index in [1.807, 2.05) is 6.07 Å². The van der Waals surface area contributed by atoms with Crippen LogP contribution < -0.4 is 9.47 Å². The van der Waals surface area contributed by atoms with Crippen molar-refractivity contribution < 1.29 is 14.6 Å². The second kappa shape index (κ2) is 8.39. The molecular formula is C18H29NO3. The van der Waals surface area contributed by atoms with Crippen molar-refractivity contribution in [3.8, 4) is 11.5 Å². The lowest BCUT2D eigenvalue weighted by Crippen LogP contribution is -2.21. The smallest absolute Gasteiger partial charge is 0.161 e. The van der Waals surface area contributed by atoms with Crippen LogP contribution in [0.2, 0.25) is 0 Å². The highest BCUT2D eigenvalue weighted by Crippen LogP contribution is 2.29. The number of hydrogen-bond donors (Lipinski definition) is 1. The summed E-state index contributed by atoms with van der Waals surface area (Å²) in [5.74, 6) is 2.69. The number of methoxy groups -OCH3 is 1. The molecule has 1 heterocycles. The van der Waals surface area contributed by atoms with Gasteiger partial charge in [0.15, 0.2) is 11.5 Å². The van der Waals surface area contributed by atoms with E-state index in [1.165, 1.54) is 5.56 Å². The van der Waals surface area contributed by atoms with Crippen LogP contribution in [0.25, 0.3) is 0 Å². The zero-order valence-electron chi connectivity index (χ0n) is 14.0. The molecule has 4 nitrogen and oxygen atoms in total. The molecular weight excluding hydrogens is 278 g/mol. The molecule has 0 bridgehead atoms. The van der Waals surface area contributed by atoms with E-state index in [0.29, 0.717) is 25.0 Å². The average molecular weight is 307 g/mol. The Morgan fingerprint density at radius 2 is 2.14 bits per heavy atom. The third-order valence-corrected chi connectivity index (χ3v) is 4.22. The lowest BCUT2D eigenvalue weighted by molar-refractivity contribution is 0.220.